The van der Waals surface area contributed by atoms with Gasteiger partial charge in [0.05, 0.1) is 7.11 Å². The second-order valence-electron chi connectivity index (χ2n) is 2.90. The van der Waals surface area contributed by atoms with Crippen LogP contribution >= 0.6 is 31.9 Å². The van der Waals surface area contributed by atoms with E-state index in [0.29, 0.717) is 15.4 Å². The van der Waals surface area contributed by atoms with E-state index >= 15 is 0 Å². The minimum Gasteiger partial charge on any atom is -0.465 e. The molecule has 0 unspecified atom stereocenters. The molecule has 0 aliphatic heterocycles. The van der Waals surface area contributed by atoms with Crippen molar-refractivity contribution in [3.8, 4) is 5.75 Å². The normalized spacial score (nSPS) is 10.5. The van der Waals surface area contributed by atoms with Gasteiger partial charge in [0.1, 0.15) is 11.3 Å². The molecule has 0 fully saturated rings. The average Bonchev–Trinajstić information content (AvgIpc) is 2.29. The second-order valence-corrected chi connectivity index (χ2v) is 4.32. The minimum atomic E-state index is -3.00. The summed E-state index contributed by atoms with van der Waals surface area (Å²) in [5.74, 6) is -0.930. The number of halogens is 4. The van der Waals surface area contributed by atoms with Gasteiger partial charge in [-0.1, -0.05) is 31.9 Å². The number of methoxy groups -OCH3 is 1. The van der Waals surface area contributed by atoms with Crippen molar-refractivity contribution < 1.29 is 23.0 Å². The Bertz CT molecular complexity index is 424. The molecule has 17 heavy (non-hydrogen) atoms. The van der Waals surface area contributed by atoms with Crippen LogP contribution in [0.3, 0.4) is 0 Å². The van der Waals surface area contributed by atoms with Crippen LogP contribution in [0.5, 0.6) is 5.75 Å². The van der Waals surface area contributed by atoms with E-state index in [1.807, 2.05) is 0 Å². The number of hydrogen-bond acceptors (Lipinski definition) is 3. The fraction of sp³-hybridized carbons (Fsp3) is 0.300. The van der Waals surface area contributed by atoms with Crippen LogP contribution in [0.2, 0.25) is 0 Å². The molecule has 0 bridgehead atoms. The van der Waals surface area contributed by atoms with Gasteiger partial charge in [-0.15, -0.1) is 0 Å². The molecule has 94 valence electrons. The molecule has 1 aromatic rings. The Kier molecular flexibility index (Phi) is 5.32. The van der Waals surface area contributed by atoms with E-state index in [4.69, 9.17) is 0 Å². The summed E-state index contributed by atoms with van der Waals surface area (Å²) in [6.45, 7) is -3.00. The van der Waals surface area contributed by atoms with E-state index < -0.39 is 12.6 Å². The summed E-state index contributed by atoms with van der Waals surface area (Å²) in [6, 6.07) is 2.81. The van der Waals surface area contributed by atoms with Crippen LogP contribution in [0.15, 0.2) is 16.6 Å². The number of carbonyl (C=O) groups excluding carboxylic acids is 1. The first kappa shape index (κ1) is 14.4. The summed E-state index contributed by atoms with van der Waals surface area (Å²) >= 11 is 6.40. The fourth-order valence-electron chi connectivity index (χ4n) is 1.25. The highest BCUT2D eigenvalue weighted by Crippen LogP contribution is 2.32. The fourth-order valence-corrected chi connectivity index (χ4v) is 2.68. The first-order valence-corrected chi connectivity index (χ1v) is 6.33. The van der Waals surface area contributed by atoms with Crippen LogP contribution in [0.25, 0.3) is 0 Å². The Balaban J connectivity index is 3.34. The summed E-state index contributed by atoms with van der Waals surface area (Å²) in [5, 5.41) is 0.304. The molecule has 1 aromatic carbocycles. The lowest BCUT2D eigenvalue weighted by molar-refractivity contribution is -0.0504. The van der Waals surface area contributed by atoms with E-state index in [1.54, 1.807) is 0 Å². The summed E-state index contributed by atoms with van der Waals surface area (Å²) < 4.78 is 33.9. The number of alkyl halides is 3. The summed E-state index contributed by atoms with van der Waals surface area (Å²) in [4.78, 5) is 11.6. The van der Waals surface area contributed by atoms with Crippen molar-refractivity contribution in [2.45, 2.75) is 11.9 Å². The summed E-state index contributed by atoms with van der Waals surface area (Å²) in [5.41, 5.74) is 0.481. The number of benzene rings is 1. The van der Waals surface area contributed by atoms with Gasteiger partial charge in [-0.2, -0.15) is 8.78 Å². The predicted octanol–water partition coefficient (Wildman–Crippen LogP) is 3.73. The van der Waals surface area contributed by atoms with Gasteiger partial charge in [0, 0.05) is 9.80 Å². The average molecular weight is 374 g/mol. The standard InChI is InChI=1S/C10H8Br2F2O3/c1-16-9(15)8-5(4-11)6(12)2-3-7(8)17-10(13)14/h2-3,10H,4H2,1H3. The number of hydrogen-bond donors (Lipinski definition) is 0. The molecule has 0 amide bonds. The molecule has 0 saturated carbocycles. The first-order chi connectivity index (χ1) is 8.01. The molecule has 0 atom stereocenters. The zero-order chi connectivity index (χ0) is 13.0. The molecular weight excluding hydrogens is 366 g/mol. The maximum atomic E-state index is 12.2. The Labute approximate surface area is 113 Å². The van der Waals surface area contributed by atoms with Crippen LogP contribution in [0.4, 0.5) is 8.78 Å². The van der Waals surface area contributed by atoms with E-state index in [2.05, 4.69) is 41.3 Å². The van der Waals surface area contributed by atoms with Crippen LogP contribution < -0.4 is 4.74 Å². The quantitative estimate of drug-likeness (QED) is 0.595. The van der Waals surface area contributed by atoms with E-state index in [1.165, 1.54) is 19.2 Å². The van der Waals surface area contributed by atoms with Crippen molar-refractivity contribution >= 4 is 37.8 Å². The molecule has 0 heterocycles. The molecule has 0 radical (unpaired) electrons. The number of carbonyl (C=O) groups is 1. The molecule has 7 heteroatoms. The van der Waals surface area contributed by atoms with Gasteiger partial charge >= 0.3 is 12.6 Å². The van der Waals surface area contributed by atoms with E-state index in [-0.39, 0.29) is 11.3 Å². The van der Waals surface area contributed by atoms with Gasteiger partial charge in [-0.3, -0.25) is 0 Å². The zero-order valence-electron chi connectivity index (χ0n) is 8.68. The molecule has 0 aromatic heterocycles. The molecule has 0 N–H and O–H groups in total. The van der Waals surface area contributed by atoms with Crippen LogP contribution in [0, 0.1) is 0 Å². The minimum absolute atomic E-state index is 0.0148. The summed E-state index contributed by atoms with van der Waals surface area (Å²) in [7, 11) is 1.17. The lowest BCUT2D eigenvalue weighted by atomic mass is 10.1. The maximum absolute atomic E-state index is 12.2. The zero-order valence-corrected chi connectivity index (χ0v) is 11.8. The third-order valence-corrected chi connectivity index (χ3v) is 3.26. The van der Waals surface area contributed by atoms with Crippen molar-refractivity contribution in [1.29, 1.82) is 0 Å². The highest BCUT2D eigenvalue weighted by Gasteiger charge is 2.22. The molecule has 0 aliphatic carbocycles. The van der Waals surface area contributed by atoms with Gasteiger partial charge < -0.3 is 9.47 Å². The molecule has 0 spiro atoms. The van der Waals surface area contributed by atoms with Gasteiger partial charge in [0.25, 0.3) is 0 Å². The molecular formula is C10H8Br2F2O3. The highest BCUT2D eigenvalue weighted by molar-refractivity contribution is 9.10. The number of esters is 1. The van der Waals surface area contributed by atoms with Crippen molar-refractivity contribution in [2.24, 2.45) is 0 Å². The van der Waals surface area contributed by atoms with Crippen molar-refractivity contribution in [1.82, 2.24) is 0 Å². The van der Waals surface area contributed by atoms with Crippen molar-refractivity contribution in [3.05, 3.63) is 27.7 Å². The largest absolute Gasteiger partial charge is 0.465 e. The first-order valence-electron chi connectivity index (χ1n) is 4.41. The van der Waals surface area contributed by atoms with Gasteiger partial charge in [0.15, 0.2) is 0 Å². The Morgan fingerprint density at radius 1 is 1.47 bits per heavy atom. The number of rotatable bonds is 4. The van der Waals surface area contributed by atoms with Crippen LogP contribution in [0.1, 0.15) is 15.9 Å². The third kappa shape index (κ3) is 3.38. The third-order valence-electron chi connectivity index (χ3n) is 1.96. The lowest BCUT2D eigenvalue weighted by Crippen LogP contribution is -2.12. The van der Waals surface area contributed by atoms with Crippen LogP contribution in [-0.4, -0.2) is 19.7 Å². The van der Waals surface area contributed by atoms with Gasteiger partial charge in [-0.25, -0.2) is 4.79 Å². The highest BCUT2D eigenvalue weighted by atomic mass is 79.9. The maximum Gasteiger partial charge on any atom is 0.387 e. The molecule has 3 nitrogen and oxygen atoms in total. The summed E-state index contributed by atoms with van der Waals surface area (Å²) in [6.07, 6.45) is 0. The smallest absolute Gasteiger partial charge is 0.387 e. The lowest BCUT2D eigenvalue weighted by Gasteiger charge is -2.13. The second kappa shape index (κ2) is 6.30. The number of ether oxygens (including phenoxy) is 2. The Morgan fingerprint density at radius 2 is 2.12 bits per heavy atom. The van der Waals surface area contributed by atoms with Crippen molar-refractivity contribution in [2.75, 3.05) is 7.11 Å². The van der Waals surface area contributed by atoms with Crippen molar-refractivity contribution in [3.63, 3.8) is 0 Å². The SMILES string of the molecule is COC(=O)c1c(OC(F)F)ccc(Br)c1CBr. The monoisotopic (exact) mass is 372 g/mol. The van der Waals surface area contributed by atoms with Gasteiger partial charge in [-0.05, 0) is 17.7 Å². The van der Waals surface area contributed by atoms with E-state index in [9.17, 15) is 13.6 Å². The Morgan fingerprint density at radius 3 is 2.59 bits per heavy atom. The molecule has 0 aliphatic rings. The van der Waals surface area contributed by atoms with Crippen LogP contribution in [-0.2, 0) is 10.1 Å². The topological polar surface area (TPSA) is 35.5 Å². The van der Waals surface area contributed by atoms with Gasteiger partial charge in [0.2, 0.25) is 0 Å². The molecule has 1 rings (SSSR count). The predicted molar refractivity (Wildman–Crippen MR) is 64.7 cm³/mol. The van der Waals surface area contributed by atoms with E-state index in [0.717, 1.165) is 0 Å². The Hall–Kier alpha value is -0.690. The molecule has 0 saturated heterocycles.